The van der Waals surface area contributed by atoms with Crippen molar-refractivity contribution in [3.8, 4) is 0 Å². The van der Waals surface area contributed by atoms with Crippen LogP contribution in [0.4, 0.5) is 0 Å². The number of rotatable bonds is 0. The molecular weight excluding hydrogens is 464 g/mol. The normalized spacial score (nSPS) is 9.08. The molecule has 0 aliphatic carbocycles. The Hall–Kier alpha value is 2.87. The van der Waals surface area contributed by atoms with Crippen LogP contribution < -0.4 is 29.4 Å². The van der Waals surface area contributed by atoms with E-state index in [1.54, 1.807) is 0 Å². The van der Waals surface area contributed by atoms with Gasteiger partial charge in [0.15, 0.2) is 0 Å². The van der Waals surface area contributed by atoms with Gasteiger partial charge in [-0.2, -0.15) is 15.6 Å². The van der Waals surface area contributed by atoms with Gasteiger partial charge in [0.25, 0.3) is 0 Å². The molecule has 0 N–H and O–H groups in total. The molecule has 0 heterocycles. The van der Waals surface area contributed by atoms with Crippen LogP contribution in [0.1, 0.15) is 0 Å². The Morgan fingerprint density at radius 2 is 0.538 bits per heavy atom. The summed E-state index contributed by atoms with van der Waals surface area (Å²) in [5.74, 6) is 0. The molecule has 0 aliphatic heterocycles. The summed E-state index contributed by atoms with van der Waals surface area (Å²) in [5, 5.41) is 0. The fourth-order valence-electron chi connectivity index (χ4n) is 0. The minimum absolute atomic E-state index is 0. The molecule has 0 radical (unpaired) electrons. The summed E-state index contributed by atoms with van der Waals surface area (Å²) in [6.07, 6.45) is 0. The topological polar surface area (TPSA) is 172 Å². The molecule has 0 aromatic rings. The second kappa shape index (κ2) is 12.9. The Bertz CT molecular complexity index is 130. The van der Waals surface area contributed by atoms with Crippen molar-refractivity contribution < 1.29 is 117 Å². The van der Waals surface area contributed by atoms with Crippen LogP contribution in [0.15, 0.2) is 0 Å². The van der Waals surface area contributed by atoms with Gasteiger partial charge in [-0.1, -0.05) is 0 Å². The third kappa shape index (κ3) is 299. The third-order valence-electron chi connectivity index (χ3n) is 0. The summed E-state index contributed by atoms with van der Waals surface area (Å²) in [7, 11) is -10.8. The van der Waals surface area contributed by atoms with Crippen molar-refractivity contribution in [2.45, 2.75) is 0 Å². The predicted molar refractivity (Wildman–Crippen MR) is 15.2 cm³/mol. The van der Waals surface area contributed by atoms with E-state index in [4.69, 9.17) is 38.5 Å². The Morgan fingerprint density at radius 1 is 0.538 bits per heavy atom. The van der Waals surface area contributed by atoms with Crippen molar-refractivity contribution in [1.82, 2.24) is 0 Å². The van der Waals surface area contributed by atoms with Crippen molar-refractivity contribution in [1.29, 1.82) is 0 Å². The smallest absolute Gasteiger partial charge is 0.822 e. The van der Waals surface area contributed by atoms with Crippen LogP contribution in [0.5, 0.6) is 0 Å². The zero-order valence-corrected chi connectivity index (χ0v) is 14.8. The number of hydrogen-bond donors (Lipinski definition) is 0. The summed E-state index contributed by atoms with van der Waals surface area (Å²) in [5.41, 5.74) is 0. The van der Waals surface area contributed by atoms with Gasteiger partial charge in [-0.15, -0.1) is 0 Å². The summed E-state index contributed by atoms with van der Waals surface area (Å²) >= 11 is 0. The SMILES string of the molecule is O=P([O-])([O-])[O-].O=P([O-])([O-])[O-].[Zr+2].[Zr+2].[Zr+2]. The van der Waals surface area contributed by atoms with E-state index in [1.165, 1.54) is 0 Å². The first-order valence-corrected chi connectivity index (χ1v) is 4.38. The Labute approximate surface area is 131 Å². The summed E-state index contributed by atoms with van der Waals surface area (Å²) < 4.78 is 17.1. The molecule has 0 unspecified atom stereocenters. The second-order valence-corrected chi connectivity index (χ2v) is 2.68. The van der Waals surface area contributed by atoms with E-state index in [1.807, 2.05) is 0 Å². The van der Waals surface area contributed by atoms with E-state index in [9.17, 15) is 0 Å². The summed E-state index contributed by atoms with van der Waals surface area (Å²) in [6, 6.07) is 0. The number of hydrogen-bond acceptors (Lipinski definition) is 8. The Balaban J connectivity index is -0.0000000267. The molecule has 0 saturated heterocycles. The minimum Gasteiger partial charge on any atom is -0.822 e. The van der Waals surface area contributed by atoms with E-state index < -0.39 is 15.6 Å². The molecule has 8 nitrogen and oxygen atoms in total. The van der Waals surface area contributed by atoms with Crippen LogP contribution in [-0.4, -0.2) is 0 Å². The fourth-order valence-corrected chi connectivity index (χ4v) is 0. The average molecular weight is 464 g/mol. The molecule has 0 rings (SSSR count). The quantitative estimate of drug-likeness (QED) is 0.320. The molecule has 13 heavy (non-hydrogen) atoms. The van der Waals surface area contributed by atoms with E-state index >= 15 is 0 Å². The first-order chi connectivity index (χ1) is 4.00. The van der Waals surface area contributed by atoms with Crippen LogP contribution in [0.2, 0.25) is 0 Å². The molecule has 0 fully saturated rings. The van der Waals surface area contributed by atoms with Gasteiger partial charge in [0.1, 0.15) is 0 Å². The van der Waals surface area contributed by atoms with Crippen LogP contribution in [0.25, 0.3) is 0 Å². The molecule has 0 atom stereocenters. The first-order valence-electron chi connectivity index (χ1n) is 1.46. The first kappa shape index (κ1) is 29.7. The zero-order chi connectivity index (χ0) is 9.00. The van der Waals surface area contributed by atoms with Gasteiger partial charge in [-0.25, -0.2) is 0 Å². The molecular formula is O8P2Zr3. The summed E-state index contributed by atoms with van der Waals surface area (Å²) in [6.45, 7) is 0. The standard InChI is InChI=1S/2H3O4P.3Zr/c2*1-5(2,3)4;;;/h2*(H3,1,2,3,4);;;/q;;3*+2/p-6. The van der Waals surface area contributed by atoms with Gasteiger partial charge in [0.05, 0.1) is 0 Å². The second-order valence-electron chi connectivity index (χ2n) is 0.894. The monoisotopic (exact) mass is 460 g/mol. The molecule has 0 aromatic carbocycles. The largest absolute Gasteiger partial charge is 2.00 e. The van der Waals surface area contributed by atoms with Gasteiger partial charge in [-0.3, -0.25) is 0 Å². The molecule has 13 heteroatoms. The van der Waals surface area contributed by atoms with E-state index in [2.05, 4.69) is 0 Å². The molecule has 0 aliphatic rings. The third-order valence-corrected chi connectivity index (χ3v) is 0. The molecule has 70 valence electrons. The van der Waals surface area contributed by atoms with Gasteiger partial charge in [-0.05, 0) is 0 Å². The van der Waals surface area contributed by atoms with Crippen molar-refractivity contribution >= 4 is 15.6 Å². The van der Waals surface area contributed by atoms with Crippen LogP contribution in [-0.2, 0) is 87.7 Å². The number of phosphoric acid groups is 2. The average Bonchev–Trinajstić information content (AvgIpc) is 1.12. The van der Waals surface area contributed by atoms with Crippen molar-refractivity contribution in [2.75, 3.05) is 0 Å². The molecule has 0 bridgehead atoms. The van der Waals surface area contributed by atoms with Gasteiger partial charge < -0.3 is 38.5 Å². The van der Waals surface area contributed by atoms with Crippen molar-refractivity contribution in [3.63, 3.8) is 0 Å². The predicted octanol–water partition coefficient (Wildman–Crippen LogP) is -5.66. The molecule has 0 amide bonds. The fraction of sp³-hybridized carbons (Fsp3) is 0. The molecule has 0 saturated carbocycles. The van der Waals surface area contributed by atoms with Crippen molar-refractivity contribution in [2.24, 2.45) is 0 Å². The maximum Gasteiger partial charge on any atom is 2.00 e. The van der Waals surface area contributed by atoms with E-state index in [-0.39, 0.29) is 78.6 Å². The maximum absolute atomic E-state index is 8.55. The zero-order valence-electron chi connectivity index (χ0n) is 5.66. The van der Waals surface area contributed by atoms with Crippen LogP contribution in [0, 0.1) is 0 Å². The van der Waals surface area contributed by atoms with Gasteiger partial charge >= 0.3 is 78.6 Å². The minimum atomic E-state index is -5.39. The van der Waals surface area contributed by atoms with Gasteiger partial charge in [0, 0.05) is 0 Å². The van der Waals surface area contributed by atoms with Gasteiger partial charge in [0.2, 0.25) is 0 Å². The Kier molecular flexibility index (Phi) is 29.6. The van der Waals surface area contributed by atoms with Crippen LogP contribution >= 0.6 is 15.6 Å². The maximum atomic E-state index is 8.55. The van der Waals surface area contributed by atoms with Crippen molar-refractivity contribution in [3.05, 3.63) is 0 Å². The van der Waals surface area contributed by atoms with E-state index in [0.29, 0.717) is 0 Å². The van der Waals surface area contributed by atoms with Crippen LogP contribution in [0.3, 0.4) is 0 Å². The molecule has 0 aromatic heterocycles. The van der Waals surface area contributed by atoms with E-state index in [0.717, 1.165) is 0 Å². The summed E-state index contributed by atoms with van der Waals surface area (Å²) in [4.78, 5) is 51.3. The molecule has 0 spiro atoms. The Morgan fingerprint density at radius 3 is 0.538 bits per heavy atom.